The molecule has 0 aliphatic carbocycles. The van der Waals surface area contributed by atoms with Gasteiger partial charge in [0.2, 0.25) is 0 Å². The molecule has 0 amide bonds. The second-order valence-electron chi connectivity index (χ2n) is 12.7. The van der Waals surface area contributed by atoms with Crippen LogP contribution in [0.3, 0.4) is 0 Å². The summed E-state index contributed by atoms with van der Waals surface area (Å²) in [4.78, 5) is 31.1. The van der Waals surface area contributed by atoms with Crippen molar-refractivity contribution in [1.29, 1.82) is 0 Å². The van der Waals surface area contributed by atoms with Gasteiger partial charge in [0.05, 0.1) is 11.4 Å². The zero-order chi connectivity index (χ0) is 40.4. The van der Waals surface area contributed by atoms with E-state index in [9.17, 15) is 0 Å². The van der Waals surface area contributed by atoms with Gasteiger partial charge < -0.3 is 0 Å². The average Bonchev–Trinajstić information content (AvgIpc) is 4.18. The molecule has 0 N–H and O–H groups in total. The van der Waals surface area contributed by atoms with E-state index in [4.69, 9.17) is 0 Å². The summed E-state index contributed by atoms with van der Waals surface area (Å²) in [7, 11) is 0. The number of rotatable bonds is 0. The first-order chi connectivity index (χ1) is 29.4. The lowest BCUT2D eigenvalue weighted by atomic mass is 9.95. The fourth-order valence-electron chi connectivity index (χ4n) is 6.09. The van der Waals surface area contributed by atoms with E-state index in [1.807, 2.05) is 61.1 Å². The molecular weight excluding hydrogens is 737 g/mol. The zero-order valence-electron chi connectivity index (χ0n) is 32.6. The maximum Gasteiger partial charge on any atom is 0.115 e. The predicted molar refractivity (Wildman–Crippen MR) is 253 cm³/mol. The smallest absolute Gasteiger partial charge is 0.115 e. The van der Waals surface area contributed by atoms with E-state index in [0.29, 0.717) is 0 Å². The molecule has 3 aliphatic heterocycles. The zero-order valence-corrected chi connectivity index (χ0v) is 32.6. The molecule has 0 bridgehead atoms. The Labute approximate surface area is 352 Å². The summed E-state index contributed by atoms with van der Waals surface area (Å²) in [5, 5.41) is 7.89. The molecule has 0 spiro atoms. The van der Waals surface area contributed by atoms with Crippen LogP contribution in [-0.4, -0.2) is 43.6 Å². The minimum absolute atomic E-state index is 0. The van der Waals surface area contributed by atoms with E-state index < -0.39 is 0 Å². The van der Waals surface area contributed by atoms with Gasteiger partial charge in [0.1, 0.15) is 6.33 Å². The van der Waals surface area contributed by atoms with Crippen molar-refractivity contribution in [3.63, 3.8) is 0 Å². The Morgan fingerprint density at radius 3 is 1.37 bits per heavy atom. The molecule has 0 fully saturated rings. The van der Waals surface area contributed by atoms with Crippen molar-refractivity contribution in [2.24, 2.45) is 15.0 Å². The Morgan fingerprint density at radius 2 is 0.900 bits per heavy atom. The van der Waals surface area contributed by atoms with Gasteiger partial charge in [-0.15, -0.1) is 0 Å². The first-order valence-corrected chi connectivity index (χ1v) is 19.3. The summed E-state index contributed by atoms with van der Waals surface area (Å²) < 4.78 is 0. The lowest BCUT2D eigenvalue weighted by molar-refractivity contribution is 1.17. The van der Waals surface area contributed by atoms with Crippen LogP contribution >= 0.6 is 0 Å². The fraction of sp³-hybridized carbons (Fsp3) is 0.0769. The summed E-state index contributed by atoms with van der Waals surface area (Å²) >= 11 is 0. The molecule has 3 aromatic heterocycles. The molecule has 296 valence electrons. The third kappa shape index (κ3) is 13.7. The number of para-hydroxylation sites is 1. The van der Waals surface area contributed by atoms with E-state index in [0.717, 1.165) is 24.9 Å². The molecule has 6 heterocycles. The highest BCUT2D eigenvalue weighted by molar-refractivity contribution is 6.16. The maximum atomic E-state index is 4.55. The molecule has 0 saturated carbocycles. The number of fused-ring (bicyclic) bond motifs is 8. The summed E-state index contributed by atoms with van der Waals surface area (Å²) in [5.74, 6) is 0. The van der Waals surface area contributed by atoms with E-state index in [1.165, 1.54) is 55.5 Å². The highest BCUT2D eigenvalue weighted by Gasteiger charge is 2.15. The maximum absolute atomic E-state index is 4.55. The Kier molecular flexibility index (Phi) is 18.3. The van der Waals surface area contributed by atoms with Gasteiger partial charge in [-0.1, -0.05) is 135 Å². The normalized spacial score (nSPS) is 11.4. The molecule has 6 aromatic carbocycles. The first-order valence-electron chi connectivity index (χ1n) is 19.3. The summed E-state index contributed by atoms with van der Waals surface area (Å²) in [6, 6.07) is 49.6. The van der Waals surface area contributed by atoms with Crippen LogP contribution in [0.4, 0.5) is 11.4 Å². The van der Waals surface area contributed by atoms with Gasteiger partial charge >= 0.3 is 0 Å². The Bertz CT molecular complexity index is 2470. The molecule has 0 radical (unpaired) electrons. The van der Waals surface area contributed by atoms with Gasteiger partial charge in [-0.25, -0.2) is 9.97 Å². The van der Waals surface area contributed by atoms with E-state index in [1.54, 1.807) is 61.8 Å². The highest BCUT2D eigenvalue weighted by atomic mass is 14.8. The number of aliphatic imine (C=N–C) groups is 3. The number of hydrogen-bond donors (Lipinski definition) is 0. The molecule has 9 aromatic rings. The van der Waals surface area contributed by atoms with Gasteiger partial charge in [-0.05, 0) is 62.3 Å². The monoisotopic (exact) mass is 784 g/mol. The topological polar surface area (TPSA) is 102 Å². The van der Waals surface area contributed by atoms with Gasteiger partial charge in [0.25, 0.3) is 0 Å². The highest BCUT2D eigenvalue weighted by Crippen LogP contribution is 2.40. The van der Waals surface area contributed by atoms with Crippen LogP contribution in [0.5, 0.6) is 0 Å². The van der Waals surface area contributed by atoms with Crippen molar-refractivity contribution in [3.05, 3.63) is 225 Å². The second-order valence-corrected chi connectivity index (χ2v) is 12.7. The lowest BCUT2D eigenvalue weighted by Crippen LogP contribution is -1.85. The standard InChI is InChI=1S/C16H11N.C10H8.C8H7N.C5H5N.2C4H4N2.C4H5N.CH4/c1-2-7-13-11(5-1)12-6-3-4-8-14(12)16-15(13)9-10-17-16;1-2-6-10-8-4-3-7-9(10)5-1;1-2-4-8-7(3-1)5-6-9-8;1-2-4-6-5-3-1;1-2-6-4-3-5-1;1-2-5-4-6-3-1;1-2-4-5-3-1;/h1-8,10H,9H2;1-8H;1-4,6H,5H2;1-5H;2*1-4H;1,3-4H,2H2;1H4. The largest absolute Gasteiger partial charge is 0.269 e. The van der Waals surface area contributed by atoms with E-state index >= 15 is 0 Å². The first kappa shape index (κ1) is 43.3. The molecule has 8 heteroatoms. The summed E-state index contributed by atoms with van der Waals surface area (Å²) in [6.07, 6.45) is 27.6. The SMILES string of the molecule is C.C1=CN=CC1.C1=Nc2c(c3ccccc3c3ccccc23)C1.C1=Nc2ccccc2C1.c1ccc2ccccc2c1.c1ccncc1.c1cnccn1.c1cncnc1. The van der Waals surface area contributed by atoms with Crippen molar-refractivity contribution in [2.45, 2.75) is 26.7 Å². The number of aromatic nitrogens is 5. The van der Waals surface area contributed by atoms with Crippen molar-refractivity contribution < 1.29 is 0 Å². The minimum atomic E-state index is 0. The van der Waals surface area contributed by atoms with Gasteiger partial charge in [-0.3, -0.25) is 29.9 Å². The van der Waals surface area contributed by atoms with Crippen LogP contribution in [0.1, 0.15) is 25.0 Å². The van der Waals surface area contributed by atoms with Gasteiger partial charge in [0, 0.05) is 99.1 Å². The summed E-state index contributed by atoms with van der Waals surface area (Å²) in [6.45, 7) is 0. The Hall–Kier alpha value is -7.84. The molecule has 60 heavy (non-hydrogen) atoms. The summed E-state index contributed by atoms with van der Waals surface area (Å²) in [5.41, 5.74) is 5.02. The molecule has 0 unspecified atom stereocenters. The number of hydrogen-bond acceptors (Lipinski definition) is 8. The van der Waals surface area contributed by atoms with Crippen molar-refractivity contribution >= 4 is 62.3 Å². The van der Waals surface area contributed by atoms with Crippen LogP contribution in [-0.2, 0) is 12.8 Å². The molecule has 3 aliphatic rings. The third-order valence-corrected chi connectivity index (χ3v) is 8.78. The lowest BCUT2D eigenvalue weighted by Gasteiger charge is -2.09. The van der Waals surface area contributed by atoms with Crippen LogP contribution in [0.15, 0.2) is 229 Å². The predicted octanol–water partition coefficient (Wildman–Crippen LogP) is 12.7. The van der Waals surface area contributed by atoms with Crippen LogP contribution in [0, 0.1) is 0 Å². The second kappa shape index (κ2) is 25.4. The van der Waals surface area contributed by atoms with Crippen LogP contribution in [0.2, 0.25) is 0 Å². The number of benzene rings is 6. The molecule has 0 atom stereocenters. The third-order valence-electron chi connectivity index (χ3n) is 8.78. The quantitative estimate of drug-likeness (QED) is 0.143. The van der Waals surface area contributed by atoms with Gasteiger partial charge in [0.15, 0.2) is 0 Å². The van der Waals surface area contributed by atoms with Gasteiger partial charge in [-0.2, -0.15) is 0 Å². The molecule has 8 nitrogen and oxygen atoms in total. The minimum Gasteiger partial charge on any atom is -0.269 e. The van der Waals surface area contributed by atoms with Crippen molar-refractivity contribution in [1.82, 2.24) is 24.9 Å². The molecule has 0 saturated heterocycles. The Morgan fingerprint density at radius 1 is 0.383 bits per heavy atom. The van der Waals surface area contributed by atoms with E-state index in [2.05, 4.69) is 143 Å². The van der Waals surface area contributed by atoms with E-state index in [-0.39, 0.29) is 7.43 Å². The fourth-order valence-corrected chi connectivity index (χ4v) is 6.09. The average molecular weight is 785 g/mol. The van der Waals surface area contributed by atoms with Crippen molar-refractivity contribution in [3.8, 4) is 0 Å². The Balaban J connectivity index is 0.000000139. The van der Waals surface area contributed by atoms with Crippen LogP contribution in [0.25, 0.3) is 32.3 Å². The number of allylic oxidation sites excluding steroid dienone is 1. The molecule has 12 rings (SSSR count). The van der Waals surface area contributed by atoms with Crippen LogP contribution < -0.4 is 0 Å². The number of nitrogens with zero attached hydrogens (tertiary/aromatic N) is 8. The number of pyridine rings is 1. The molecular formula is C52H48N8. The van der Waals surface area contributed by atoms with Crippen molar-refractivity contribution in [2.75, 3.05) is 0 Å².